The van der Waals surface area contributed by atoms with Gasteiger partial charge in [0.15, 0.2) is 0 Å². The molecule has 1 saturated carbocycles. The molecule has 5 rings (SSSR count). The molecule has 0 bridgehead atoms. The van der Waals surface area contributed by atoms with E-state index in [0.717, 1.165) is 12.1 Å². The molecular weight excluding hydrogens is 693 g/mol. The minimum atomic E-state index is -4.40. The molecule has 0 radical (unpaired) electrons. The van der Waals surface area contributed by atoms with Crippen LogP contribution >= 0.6 is 23.2 Å². The zero-order chi connectivity index (χ0) is 35.9. The number of imidazole rings is 1. The van der Waals surface area contributed by atoms with Gasteiger partial charge in [-0.05, 0) is 67.7 Å². The van der Waals surface area contributed by atoms with Crippen LogP contribution in [0, 0.1) is 17.3 Å². The molecule has 1 aromatic heterocycles. The van der Waals surface area contributed by atoms with Gasteiger partial charge in [0.05, 0.1) is 49.9 Å². The highest BCUT2D eigenvalue weighted by Gasteiger charge is 2.43. The molecule has 2 fully saturated rings. The Kier molecular flexibility index (Phi) is 11.0. The lowest BCUT2D eigenvalue weighted by Gasteiger charge is -2.36. The van der Waals surface area contributed by atoms with Crippen LogP contribution in [0.1, 0.15) is 75.2 Å². The summed E-state index contributed by atoms with van der Waals surface area (Å²) in [5.41, 5.74) is 2.65. The van der Waals surface area contributed by atoms with E-state index in [1.807, 2.05) is 6.07 Å². The van der Waals surface area contributed by atoms with Crippen LogP contribution in [0.2, 0.25) is 10.0 Å². The summed E-state index contributed by atoms with van der Waals surface area (Å²) in [6, 6.07) is 6.25. The summed E-state index contributed by atoms with van der Waals surface area (Å²) in [6.45, 7) is 7.59. The minimum absolute atomic E-state index is 0.0156. The lowest BCUT2D eigenvalue weighted by Crippen LogP contribution is -2.43. The first-order valence-electron chi connectivity index (χ1n) is 16.5. The maximum absolute atomic E-state index is 13.8. The van der Waals surface area contributed by atoms with E-state index in [1.165, 1.54) is 6.07 Å². The molecule has 7 nitrogen and oxygen atoms in total. The van der Waals surface area contributed by atoms with E-state index in [0.29, 0.717) is 51.5 Å². The number of carbonyl (C=O) groups excluding carboxylic acids is 1. The van der Waals surface area contributed by atoms with E-state index in [2.05, 4.69) is 36.7 Å². The number of aryl methyl sites for hydroxylation is 1. The highest BCUT2D eigenvalue weighted by molar-refractivity contribution is 6.39. The fourth-order valence-corrected chi connectivity index (χ4v) is 7.14. The molecule has 1 unspecified atom stereocenters. The molecule has 270 valence electrons. The van der Waals surface area contributed by atoms with Gasteiger partial charge in [-0.15, -0.1) is 0 Å². The number of hydrogen-bond donors (Lipinski definition) is 3. The number of alkyl halides is 6. The number of halogens is 8. The molecule has 49 heavy (non-hydrogen) atoms. The normalized spacial score (nSPS) is 20.9. The summed E-state index contributed by atoms with van der Waals surface area (Å²) in [6.07, 6.45) is -8.34. The molecule has 0 spiro atoms. The number of benzene rings is 2. The van der Waals surface area contributed by atoms with Gasteiger partial charge in [0.1, 0.15) is 0 Å². The van der Waals surface area contributed by atoms with E-state index >= 15 is 0 Å². The number of carbonyl (C=O) groups is 1. The summed E-state index contributed by atoms with van der Waals surface area (Å²) < 4.78 is 82.9. The van der Waals surface area contributed by atoms with Gasteiger partial charge < -0.3 is 25.4 Å². The van der Waals surface area contributed by atoms with Gasteiger partial charge in [0, 0.05) is 39.3 Å². The summed E-state index contributed by atoms with van der Waals surface area (Å²) in [5.74, 6) is -3.21. The summed E-state index contributed by atoms with van der Waals surface area (Å²) in [5, 5.41) is 10.2. The first kappa shape index (κ1) is 37.4. The Balaban J connectivity index is 1.47. The lowest BCUT2D eigenvalue weighted by atomic mass is 9.85. The first-order valence-corrected chi connectivity index (χ1v) is 17.2. The number of aromatic nitrogens is 2. The summed E-state index contributed by atoms with van der Waals surface area (Å²) in [4.78, 5) is 20.0. The molecule has 15 heteroatoms. The number of nitrogens with zero attached hydrogens (tertiary/aromatic N) is 3. The molecule has 2 aromatic carbocycles. The van der Waals surface area contributed by atoms with Crippen molar-refractivity contribution >= 4 is 57.5 Å². The number of piperidine rings is 1. The molecule has 3 N–H and O–H groups in total. The smallest absolute Gasteiger partial charge is 0.370 e. The monoisotopic (exact) mass is 734 g/mol. The van der Waals surface area contributed by atoms with Crippen LogP contribution in [-0.4, -0.2) is 53.5 Å². The second-order valence-electron chi connectivity index (χ2n) is 14.4. The number of amides is 1. The van der Waals surface area contributed by atoms with Gasteiger partial charge in [-0.3, -0.25) is 4.79 Å². The van der Waals surface area contributed by atoms with Crippen molar-refractivity contribution < 1.29 is 31.1 Å². The van der Waals surface area contributed by atoms with Crippen molar-refractivity contribution in [1.82, 2.24) is 20.2 Å². The van der Waals surface area contributed by atoms with Crippen LogP contribution in [0.5, 0.6) is 0 Å². The fraction of sp³-hybridized carbons (Fsp3) is 0.588. The van der Waals surface area contributed by atoms with Crippen LogP contribution in [0.3, 0.4) is 0 Å². The molecular formula is C34H42Cl2F6N6O. The van der Waals surface area contributed by atoms with Crippen molar-refractivity contribution in [2.75, 3.05) is 29.9 Å². The second-order valence-corrected chi connectivity index (χ2v) is 15.2. The summed E-state index contributed by atoms with van der Waals surface area (Å²) >= 11 is 13.4. The Morgan fingerprint density at radius 2 is 1.63 bits per heavy atom. The van der Waals surface area contributed by atoms with Crippen molar-refractivity contribution in [2.45, 2.75) is 84.2 Å². The van der Waals surface area contributed by atoms with Crippen LogP contribution in [0.4, 0.5) is 43.7 Å². The number of rotatable bonds is 8. The maximum atomic E-state index is 13.8. The van der Waals surface area contributed by atoms with Crippen molar-refractivity contribution in [2.24, 2.45) is 24.3 Å². The predicted octanol–water partition coefficient (Wildman–Crippen LogP) is 9.39. The van der Waals surface area contributed by atoms with Crippen LogP contribution in [0.25, 0.3) is 11.0 Å². The average molecular weight is 736 g/mol. The quantitative estimate of drug-likeness (QED) is 0.201. The Bertz CT molecular complexity index is 1660. The van der Waals surface area contributed by atoms with Gasteiger partial charge >= 0.3 is 12.4 Å². The molecule has 1 atom stereocenters. The zero-order valence-electron chi connectivity index (χ0n) is 27.9. The summed E-state index contributed by atoms with van der Waals surface area (Å²) in [7, 11) is 1.73. The molecule has 1 saturated heterocycles. The Morgan fingerprint density at radius 3 is 2.27 bits per heavy atom. The molecule has 2 heterocycles. The van der Waals surface area contributed by atoms with Gasteiger partial charge in [-0.1, -0.05) is 50.0 Å². The molecule has 3 aromatic rings. The van der Waals surface area contributed by atoms with Gasteiger partial charge in [-0.25, -0.2) is 4.98 Å². The van der Waals surface area contributed by atoms with Crippen molar-refractivity contribution in [3.8, 4) is 0 Å². The number of anilines is 3. The number of fused-ring (bicyclic) bond motifs is 1. The van der Waals surface area contributed by atoms with E-state index < -0.39 is 36.1 Å². The van der Waals surface area contributed by atoms with Crippen molar-refractivity contribution in [3.05, 3.63) is 45.4 Å². The van der Waals surface area contributed by atoms with Crippen LogP contribution < -0.4 is 20.9 Å². The number of hydrogen-bond acceptors (Lipinski definition) is 5. The van der Waals surface area contributed by atoms with Crippen molar-refractivity contribution in [1.29, 1.82) is 0 Å². The average Bonchev–Trinajstić information content (AvgIpc) is 3.32. The largest absolute Gasteiger partial charge is 0.393 e. The molecule has 1 aliphatic carbocycles. The molecule has 1 amide bonds. The molecule has 2 aliphatic rings. The Morgan fingerprint density at radius 1 is 0.959 bits per heavy atom. The maximum Gasteiger partial charge on any atom is 0.393 e. The number of nitrogens with one attached hydrogen (secondary N) is 3. The first-order chi connectivity index (χ1) is 22.8. The standard InChI is InChI=1S/C34H42Cl2F6N6O/c1-32(2,3)18-43-16-19-7-12-24(35)29(28(19)36)46-31-45-25-14-23(30(49)44-22-10-8-20(9-11-22)33(37,38)39)26(15-27(25)47(31)4)48-13-5-6-21(17-48)34(40,41)42/h7,12,14-15,20-22,43H,5-6,8-11,13,16-18H2,1-4H3,(H,44,49)(H,45,46). The van der Waals surface area contributed by atoms with Gasteiger partial charge in [0.25, 0.3) is 5.91 Å². The second kappa shape index (κ2) is 14.4. The lowest BCUT2D eigenvalue weighted by molar-refractivity contribution is -0.182. The fourth-order valence-electron chi connectivity index (χ4n) is 6.60. The third-order valence-corrected chi connectivity index (χ3v) is 10.1. The van der Waals surface area contributed by atoms with E-state index in [9.17, 15) is 31.1 Å². The Labute approximate surface area is 292 Å². The van der Waals surface area contributed by atoms with Crippen LogP contribution in [-0.2, 0) is 13.6 Å². The third kappa shape index (κ3) is 8.89. The zero-order valence-corrected chi connectivity index (χ0v) is 29.4. The van der Waals surface area contributed by atoms with E-state index in [4.69, 9.17) is 28.2 Å². The topological polar surface area (TPSA) is 74.2 Å². The minimum Gasteiger partial charge on any atom is -0.370 e. The highest BCUT2D eigenvalue weighted by atomic mass is 35.5. The SMILES string of the molecule is Cn1c(Nc2c(Cl)ccc(CNCC(C)(C)C)c2Cl)nc2cc(C(=O)NC3CCC(C(F)(F)F)CC3)c(N3CCCC(C(F)(F)F)C3)cc21. The molecule has 1 aliphatic heterocycles. The van der Waals surface area contributed by atoms with E-state index in [1.54, 1.807) is 28.6 Å². The van der Waals surface area contributed by atoms with Gasteiger partial charge in [-0.2, -0.15) is 26.3 Å². The van der Waals surface area contributed by atoms with Crippen molar-refractivity contribution in [3.63, 3.8) is 0 Å². The van der Waals surface area contributed by atoms with E-state index in [-0.39, 0.29) is 56.0 Å². The Hall–Kier alpha value is -2.90. The van der Waals surface area contributed by atoms with Gasteiger partial charge in [0.2, 0.25) is 5.95 Å². The third-order valence-electron chi connectivity index (χ3n) is 9.37. The highest BCUT2D eigenvalue weighted by Crippen LogP contribution is 2.40. The predicted molar refractivity (Wildman–Crippen MR) is 182 cm³/mol. The van der Waals surface area contributed by atoms with Crippen LogP contribution in [0.15, 0.2) is 24.3 Å².